The van der Waals surface area contributed by atoms with E-state index in [4.69, 9.17) is 8.61 Å². The van der Waals surface area contributed by atoms with Crippen molar-refractivity contribution in [3.8, 4) is 0 Å². The van der Waals surface area contributed by atoms with Gasteiger partial charge in [-0.1, -0.05) is 97.8 Å². The zero-order valence-corrected chi connectivity index (χ0v) is 22.2. The molecule has 4 nitrogen and oxygen atoms in total. The van der Waals surface area contributed by atoms with Crippen molar-refractivity contribution in [2.24, 2.45) is 0 Å². The summed E-state index contributed by atoms with van der Waals surface area (Å²) in [5, 5.41) is 0.321. The van der Waals surface area contributed by atoms with Crippen LogP contribution in [0.4, 0.5) is 0 Å². The molecule has 0 heterocycles. The third-order valence-corrected chi connectivity index (χ3v) is 11.2. The Bertz CT molecular complexity index is 484. The summed E-state index contributed by atoms with van der Waals surface area (Å²) in [4.78, 5) is 0. The molecule has 0 spiro atoms. The van der Waals surface area contributed by atoms with Crippen molar-refractivity contribution < 1.29 is 17.0 Å². The molecule has 0 saturated carbocycles. The highest BCUT2D eigenvalue weighted by Gasteiger charge is 2.36. The average molecular weight is 451 g/mol. The molecule has 0 amide bonds. The molecule has 0 aliphatic rings. The Morgan fingerprint density at radius 3 is 1.24 bits per heavy atom. The van der Waals surface area contributed by atoms with Crippen molar-refractivity contribution in [2.45, 2.75) is 129 Å². The molecular formula is C23H50O4SSi. The van der Waals surface area contributed by atoms with E-state index < -0.39 is 18.4 Å². The summed E-state index contributed by atoms with van der Waals surface area (Å²) in [6.07, 6.45) is 18.8. The summed E-state index contributed by atoms with van der Waals surface area (Å²) < 4.78 is 32.6. The van der Waals surface area contributed by atoms with E-state index in [1.54, 1.807) is 0 Å². The lowest BCUT2D eigenvalue weighted by Crippen LogP contribution is -2.40. The fraction of sp³-hybridized carbons (Fsp3) is 1.00. The van der Waals surface area contributed by atoms with E-state index in [1.165, 1.54) is 77.0 Å². The minimum atomic E-state index is -3.26. The van der Waals surface area contributed by atoms with Crippen LogP contribution in [0.3, 0.4) is 0 Å². The quantitative estimate of drug-likeness (QED) is 0.116. The minimum Gasteiger partial charge on any atom is -0.417 e. The van der Waals surface area contributed by atoms with E-state index in [-0.39, 0.29) is 0 Å². The third-order valence-electron chi connectivity index (χ3n) is 6.11. The van der Waals surface area contributed by atoms with Gasteiger partial charge in [0.2, 0.25) is 0 Å². The molecule has 0 radical (unpaired) electrons. The van der Waals surface area contributed by atoms with Gasteiger partial charge in [-0.2, -0.15) is 8.42 Å². The molecule has 0 aliphatic carbocycles. The van der Waals surface area contributed by atoms with E-state index in [2.05, 4.69) is 33.9 Å². The van der Waals surface area contributed by atoms with Gasteiger partial charge in [0.25, 0.3) is 10.1 Å². The summed E-state index contributed by atoms with van der Waals surface area (Å²) >= 11 is 0. The van der Waals surface area contributed by atoms with Gasteiger partial charge in [0.15, 0.2) is 8.32 Å². The van der Waals surface area contributed by atoms with E-state index in [1.807, 2.05) is 0 Å². The van der Waals surface area contributed by atoms with Gasteiger partial charge < -0.3 is 4.43 Å². The van der Waals surface area contributed by atoms with Gasteiger partial charge in [0, 0.05) is 6.61 Å². The third kappa shape index (κ3) is 18.6. The fourth-order valence-corrected chi connectivity index (χ4v) is 4.59. The van der Waals surface area contributed by atoms with Gasteiger partial charge in [-0.15, -0.1) is 0 Å². The maximum absolute atomic E-state index is 10.8. The number of hydrogen-bond acceptors (Lipinski definition) is 4. The summed E-state index contributed by atoms with van der Waals surface area (Å²) in [6, 6.07) is 0. The smallest absolute Gasteiger partial charge is 0.264 e. The summed E-state index contributed by atoms with van der Waals surface area (Å²) in [5.74, 6) is 0. The Labute approximate surface area is 183 Å². The van der Waals surface area contributed by atoms with E-state index in [0.717, 1.165) is 25.7 Å². The van der Waals surface area contributed by atoms with E-state index in [9.17, 15) is 8.42 Å². The highest BCUT2D eigenvalue weighted by atomic mass is 32.2. The summed E-state index contributed by atoms with van der Waals surface area (Å²) in [5.41, 5.74) is 0. The monoisotopic (exact) mass is 450 g/mol. The van der Waals surface area contributed by atoms with Crippen LogP contribution in [0.1, 0.15) is 111 Å². The SMILES string of the molecule is CC(C)(C)[Si](C)(C)OCCCCCCCCCCCCCCCCOS(C)(=O)=O. The highest BCUT2D eigenvalue weighted by Crippen LogP contribution is 2.36. The van der Waals surface area contributed by atoms with Crippen molar-refractivity contribution in [3.63, 3.8) is 0 Å². The van der Waals surface area contributed by atoms with Crippen LogP contribution in [0.15, 0.2) is 0 Å². The standard InChI is InChI=1S/C23H50O4SSi/c1-23(2,3)29(5,6)27-22-20-18-16-14-12-10-8-7-9-11-13-15-17-19-21-26-28(4,24)25/h7-22H2,1-6H3. The van der Waals surface area contributed by atoms with Gasteiger partial charge >= 0.3 is 0 Å². The van der Waals surface area contributed by atoms with Crippen molar-refractivity contribution in [1.29, 1.82) is 0 Å². The maximum atomic E-state index is 10.8. The van der Waals surface area contributed by atoms with E-state index in [0.29, 0.717) is 11.6 Å². The lowest BCUT2D eigenvalue weighted by molar-refractivity contribution is 0.277. The predicted octanol–water partition coefficient (Wildman–Crippen LogP) is 7.45. The van der Waals surface area contributed by atoms with E-state index >= 15 is 0 Å². The van der Waals surface area contributed by atoms with Crippen molar-refractivity contribution in [2.75, 3.05) is 19.5 Å². The second kappa shape index (κ2) is 15.8. The molecule has 0 N–H and O–H groups in total. The molecule has 0 aromatic carbocycles. The largest absolute Gasteiger partial charge is 0.417 e. The molecule has 0 rings (SSSR count). The fourth-order valence-electron chi connectivity index (χ4n) is 3.08. The Kier molecular flexibility index (Phi) is 15.9. The molecule has 0 fully saturated rings. The minimum absolute atomic E-state index is 0.321. The lowest BCUT2D eigenvalue weighted by Gasteiger charge is -2.36. The van der Waals surface area contributed by atoms with Crippen LogP contribution in [0.5, 0.6) is 0 Å². The first-order chi connectivity index (χ1) is 13.5. The first-order valence-corrected chi connectivity index (χ1v) is 16.7. The molecule has 0 aromatic rings. The van der Waals surface area contributed by atoms with Crippen LogP contribution in [0, 0.1) is 0 Å². The van der Waals surface area contributed by atoms with Crippen LogP contribution in [-0.4, -0.2) is 36.2 Å². The maximum Gasteiger partial charge on any atom is 0.264 e. The van der Waals surface area contributed by atoms with Crippen LogP contribution in [-0.2, 0) is 18.7 Å². The van der Waals surface area contributed by atoms with Gasteiger partial charge in [0.05, 0.1) is 12.9 Å². The normalized spacial score (nSPS) is 13.2. The van der Waals surface area contributed by atoms with Crippen molar-refractivity contribution in [3.05, 3.63) is 0 Å². The van der Waals surface area contributed by atoms with Crippen LogP contribution in [0.25, 0.3) is 0 Å². The zero-order valence-electron chi connectivity index (χ0n) is 20.4. The van der Waals surface area contributed by atoms with Gasteiger partial charge in [0.1, 0.15) is 0 Å². The molecule has 0 atom stereocenters. The Morgan fingerprint density at radius 2 is 0.931 bits per heavy atom. The van der Waals surface area contributed by atoms with Crippen molar-refractivity contribution in [1.82, 2.24) is 0 Å². The van der Waals surface area contributed by atoms with Gasteiger partial charge in [-0.25, -0.2) is 0 Å². The molecule has 0 saturated heterocycles. The van der Waals surface area contributed by atoms with Gasteiger partial charge in [-0.3, -0.25) is 4.18 Å². The molecule has 29 heavy (non-hydrogen) atoms. The van der Waals surface area contributed by atoms with Crippen LogP contribution >= 0.6 is 0 Å². The lowest BCUT2D eigenvalue weighted by atomic mass is 10.0. The molecule has 0 unspecified atom stereocenters. The number of hydrogen-bond donors (Lipinski definition) is 0. The first-order valence-electron chi connectivity index (χ1n) is 11.9. The molecule has 0 aliphatic heterocycles. The summed E-state index contributed by atoms with van der Waals surface area (Å²) in [7, 11) is -4.81. The second-order valence-electron chi connectivity index (χ2n) is 10.1. The predicted molar refractivity (Wildman–Crippen MR) is 129 cm³/mol. The van der Waals surface area contributed by atoms with Gasteiger partial charge in [-0.05, 0) is 31.0 Å². The average Bonchev–Trinajstić information content (AvgIpc) is 2.58. The number of rotatable bonds is 19. The Hall–Kier alpha value is 0.0869. The molecule has 0 aromatic heterocycles. The van der Waals surface area contributed by atoms with Crippen LogP contribution < -0.4 is 0 Å². The van der Waals surface area contributed by atoms with Crippen LogP contribution in [0.2, 0.25) is 18.1 Å². The highest BCUT2D eigenvalue weighted by molar-refractivity contribution is 7.85. The molecule has 176 valence electrons. The Balaban J connectivity index is 3.25. The van der Waals surface area contributed by atoms with Crippen molar-refractivity contribution >= 4 is 18.4 Å². The molecular weight excluding hydrogens is 400 g/mol. The Morgan fingerprint density at radius 1 is 0.621 bits per heavy atom. The first kappa shape index (κ1) is 29.1. The number of unbranched alkanes of at least 4 members (excludes halogenated alkanes) is 13. The topological polar surface area (TPSA) is 52.6 Å². The second-order valence-corrected chi connectivity index (χ2v) is 16.5. The zero-order chi connectivity index (χ0) is 22.2. The molecule has 0 bridgehead atoms. The molecule has 6 heteroatoms. The summed E-state index contributed by atoms with van der Waals surface area (Å²) in [6.45, 7) is 12.9.